The number of likely N-dealkylation sites (tertiary alicyclic amines) is 1. The summed E-state index contributed by atoms with van der Waals surface area (Å²) in [7, 11) is 0. The molecule has 2 aromatic carbocycles. The van der Waals surface area contributed by atoms with Gasteiger partial charge in [0.15, 0.2) is 0 Å². The second-order valence-corrected chi connectivity index (χ2v) is 7.47. The number of phenols is 1. The maximum Gasteiger partial charge on any atom is 0.125 e. The molecule has 1 aliphatic heterocycles. The number of aryl methyl sites for hydroxylation is 1. The van der Waals surface area contributed by atoms with Gasteiger partial charge >= 0.3 is 0 Å². The van der Waals surface area contributed by atoms with E-state index in [9.17, 15) is 9.50 Å². The summed E-state index contributed by atoms with van der Waals surface area (Å²) >= 11 is 0. The van der Waals surface area contributed by atoms with Gasteiger partial charge in [0.1, 0.15) is 17.4 Å². The van der Waals surface area contributed by atoms with Crippen molar-refractivity contribution in [3.05, 3.63) is 77.6 Å². The van der Waals surface area contributed by atoms with Crippen LogP contribution in [0, 0.1) is 12.7 Å². The Morgan fingerprint density at radius 2 is 2.00 bits per heavy atom. The molecule has 1 aromatic heterocycles. The van der Waals surface area contributed by atoms with E-state index in [0.29, 0.717) is 11.7 Å². The van der Waals surface area contributed by atoms with Crippen molar-refractivity contribution in [3.63, 3.8) is 0 Å². The van der Waals surface area contributed by atoms with Crippen molar-refractivity contribution in [2.45, 2.75) is 32.2 Å². The van der Waals surface area contributed by atoms with E-state index in [2.05, 4.69) is 9.88 Å². The standard InChI is InChI=1S/C23H24FN3O/c1-16-25-13-22(18-7-9-20(24)10-8-18)23(26-16)19-5-3-11-27(15-19)14-17-4-2-6-21(28)12-17/h2,4,6-10,12-13,19,28H,3,5,11,14-15H2,1H3. The van der Waals surface area contributed by atoms with Crippen molar-refractivity contribution in [1.29, 1.82) is 0 Å². The van der Waals surface area contributed by atoms with E-state index in [4.69, 9.17) is 4.98 Å². The number of rotatable bonds is 4. The average molecular weight is 377 g/mol. The van der Waals surface area contributed by atoms with Crippen molar-refractivity contribution < 1.29 is 9.50 Å². The van der Waals surface area contributed by atoms with Crippen molar-refractivity contribution in [3.8, 4) is 16.9 Å². The second kappa shape index (κ2) is 8.07. The summed E-state index contributed by atoms with van der Waals surface area (Å²) in [4.78, 5) is 11.6. The summed E-state index contributed by atoms with van der Waals surface area (Å²) in [6, 6.07) is 14.0. The monoisotopic (exact) mass is 377 g/mol. The first kappa shape index (κ1) is 18.6. The van der Waals surface area contributed by atoms with Crippen molar-refractivity contribution in [2.75, 3.05) is 13.1 Å². The highest BCUT2D eigenvalue weighted by atomic mass is 19.1. The van der Waals surface area contributed by atoms with Crippen molar-refractivity contribution in [1.82, 2.24) is 14.9 Å². The van der Waals surface area contributed by atoms with E-state index in [-0.39, 0.29) is 5.82 Å². The first-order valence-electron chi connectivity index (χ1n) is 9.68. The van der Waals surface area contributed by atoms with Gasteiger partial charge in [0.2, 0.25) is 0 Å². The number of benzene rings is 2. The van der Waals surface area contributed by atoms with Crippen molar-refractivity contribution in [2.24, 2.45) is 0 Å². The highest BCUT2D eigenvalue weighted by Gasteiger charge is 2.25. The molecule has 1 saturated heterocycles. The van der Waals surface area contributed by atoms with Crippen LogP contribution < -0.4 is 0 Å². The molecular formula is C23H24FN3O. The third-order valence-corrected chi connectivity index (χ3v) is 5.30. The zero-order valence-electron chi connectivity index (χ0n) is 16.0. The quantitative estimate of drug-likeness (QED) is 0.717. The highest BCUT2D eigenvalue weighted by Crippen LogP contribution is 2.33. The first-order chi connectivity index (χ1) is 13.6. The van der Waals surface area contributed by atoms with Gasteiger partial charge in [-0.25, -0.2) is 14.4 Å². The van der Waals surface area contributed by atoms with E-state index in [0.717, 1.165) is 60.7 Å². The Morgan fingerprint density at radius 1 is 1.18 bits per heavy atom. The molecule has 1 unspecified atom stereocenters. The SMILES string of the molecule is Cc1ncc(-c2ccc(F)cc2)c(C2CCCN(Cc3cccc(O)c3)C2)n1. The van der Waals surface area contributed by atoms with E-state index in [1.54, 1.807) is 18.2 Å². The molecule has 1 N–H and O–H groups in total. The summed E-state index contributed by atoms with van der Waals surface area (Å²) in [6.07, 6.45) is 4.02. The summed E-state index contributed by atoms with van der Waals surface area (Å²) in [5.74, 6) is 1.11. The molecule has 4 nitrogen and oxygen atoms in total. The molecule has 144 valence electrons. The number of phenolic OH excluding ortho intramolecular Hbond substituents is 1. The van der Waals surface area contributed by atoms with Gasteiger partial charge in [-0.2, -0.15) is 0 Å². The maximum atomic E-state index is 13.4. The fourth-order valence-electron chi connectivity index (χ4n) is 3.99. The Balaban J connectivity index is 1.59. The van der Waals surface area contributed by atoms with E-state index in [1.165, 1.54) is 12.1 Å². The fourth-order valence-corrected chi connectivity index (χ4v) is 3.99. The molecule has 0 bridgehead atoms. The van der Waals surface area contributed by atoms with Crippen LogP contribution in [-0.2, 0) is 6.54 Å². The topological polar surface area (TPSA) is 49.2 Å². The molecule has 0 spiro atoms. The predicted molar refractivity (Wildman–Crippen MR) is 108 cm³/mol. The van der Waals surface area contributed by atoms with Gasteiger partial charge in [-0.15, -0.1) is 0 Å². The van der Waals surface area contributed by atoms with Gasteiger partial charge in [0.05, 0.1) is 5.69 Å². The minimum Gasteiger partial charge on any atom is -0.508 e. The van der Waals surface area contributed by atoms with Crippen LogP contribution in [0.5, 0.6) is 5.75 Å². The van der Waals surface area contributed by atoms with Gasteiger partial charge in [-0.1, -0.05) is 24.3 Å². The van der Waals surface area contributed by atoms with Gasteiger partial charge < -0.3 is 5.11 Å². The third kappa shape index (κ3) is 4.20. The maximum absolute atomic E-state index is 13.4. The molecule has 3 aromatic rings. The van der Waals surface area contributed by atoms with Crippen LogP contribution in [0.3, 0.4) is 0 Å². The Bertz CT molecular complexity index is 958. The van der Waals surface area contributed by atoms with E-state index < -0.39 is 0 Å². The molecule has 4 rings (SSSR count). The molecule has 0 amide bonds. The number of hydrogen-bond acceptors (Lipinski definition) is 4. The number of piperidine rings is 1. The number of aromatic hydroxyl groups is 1. The number of hydrogen-bond donors (Lipinski definition) is 1. The predicted octanol–water partition coefficient (Wildman–Crippen LogP) is 4.68. The fraction of sp³-hybridized carbons (Fsp3) is 0.304. The normalized spacial score (nSPS) is 17.6. The average Bonchev–Trinajstić information content (AvgIpc) is 2.69. The minimum absolute atomic E-state index is 0.242. The van der Waals surface area contributed by atoms with Crippen LogP contribution in [0.1, 0.15) is 35.8 Å². The van der Waals surface area contributed by atoms with Crippen LogP contribution in [0.25, 0.3) is 11.1 Å². The molecular weight excluding hydrogens is 353 g/mol. The van der Waals surface area contributed by atoms with E-state index in [1.807, 2.05) is 31.3 Å². The number of halogens is 1. The summed E-state index contributed by atoms with van der Waals surface area (Å²) in [5.41, 5.74) is 4.08. The van der Waals surface area contributed by atoms with Gasteiger partial charge in [0.25, 0.3) is 0 Å². The lowest BCUT2D eigenvalue weighted by Crippen LogP contribution is -2.34. The van der Waals surface area contributed by atoms with E-state index >= 15 is 0 Å². The number of aromatic nitrogens is 2. The van der Waals surface area contributed by atoms with Crippen LogP contribution in [0.2, 0.25) is 0 Å². The lowest BCUT2D eigenvalue weighted by molar-refractivity contribution is 0.198. The van der Waals surface area contributed by atoms with Gasteiger partial charge in [-0.05, 0) is 61.7 Å². The Hall–Kier alpha value is -2.79. The Kier molecular flexibility index (Phi) is 5.35. The van der Waals surface area contributed by atoms with Gasteiger partial charge in [-0.3, -0.25) is 4.90 Å². The van der Waals surface area contributed by atoms with Crippen LogP contribution in [-0.4, -0.2) is 33.1 Å². The van der Waals surface area contributed by atoms with Gasteiger partial charge in [0, 0.05) is 30.8 Å². The number of nitrogens with zero attached hydrogens (tertiary/aromatic N) is 3. The summed E-state index contributed by atoms with van der Waals surface area (Å²) in [5, 5.41) is 9.72. The third-order valence-electron chi connectivity index (χ3n) is 5.30. The molecule has 28 heavy (non-hydrogen) atoms. The Labute approximate surface area is 164 Å². The smallest absolute Gasteiger partial charge is 0.125 e. The largest absolute Gasteiger partial charge is 0.508 e. The molecule has 1 fully saturated rings. The molecule has 1 atom stereocenters. The molecule has 5 heteroatoms. The van der Waals surface area contributed by atoms with Crippen molar-refractivity contribution >= 4 is 0 Å². The molecule has 0 saturated carbocycles. The van der Waals surface area contributed by atoms with Crippen LogP contribution >= 0.6 is 0 Å². The molecule has 0 aliphatic carbocycles. The van der Waals surface area contributed by atoms with Crippen LogP contribution in [0.15, 0.2) is 54.7 Å². The lowest BCUT2D eigenvalue weighted by atomic mass is 9.89. The summed E-state index contributed by atoms with van der Waals surface area (Å²) in [6.45, 7) is 4.65. The zero-order chi connectivity index (χ0) is 19.5. The minimum atomic E-state index is -0.242. The lowest BCUT2D eigenvalue weighted by Gasteiger charge is -2.33. The molecule has 2 heterocycles. The highest BCUT2D eigenvalue weighted by molar-refractivity contribution is 5.65. The zero-order valence-corrected chi connectivity index (χ0v) is 16.0. The first-order valence-corrected chi connectivity index (χ1v) is 9.68. The van der Waals surface area contributed by atoms with Crippen LogP contribution in [0.4, 0.5) is 4.39 Å². The molecule has 0 radical (unpaired) electrons. The molecule has 1 aliphatic rings. The second-order valence-electron chi connectivity index (χ2n) is 7.47. The summed E-state index contributed by atoms with van der Waals surface area (Å²) < 4.78 is 13.4. The Morgan fingerprint density at radius 3 is 2.79 bits per heavy atom.